The van der Waals surface area contributed by atoms with Gasteiger partial charge in [-0.2, -0.15) is 0 Å². The molecule has 3 aliphatic rings. The molecule has 1 unspecified atom stereocenters. The van der Waals surface area contributed by atoms with Crippen molar-refractivity contribution in [1.82, 2.24) is 14.5 Å². The number of carbonyl (C=O) groups is 2. The number of carbonyl (C=O) groups excluding carboxylic acids is 2. The van der Waals surface area contributed by atoms with Gasteiger partial charge in [0.2, 0.25) is 21.8 Å². The van der Waals surface area contributed by atoms with E-state index in [1.807, 2.05) is 4.90 Å². The molecule has 188 valence electrons. The number of amides is 2. The van der Waals surface area contributed by atoms with Crippen molar-refractivity contribution in [3.63, 3.8) is 0 Å². The first-order chi connectivity index (χ1) is 16.4. The minimum absolute atomic E-state index is 0.0612. The van der Waals surface area contributed by atoms with Gasteiger partial charge in [-0.15, -0.1) is 0 Å². The number of hydrogen-bond donors (Lipinski definition) is 1. The van der Waals surface area contributed by atoms with Crippen LogP contribution in [0.2, 0.25) is 0 Å². The van der Waals surface area contributed by atoms with Crippen LogP contribution in [0.3, 0.4) is 0 Å². The molecule has 1 aromatic rings. The average molecular weight is 491 g/mol. The fourth-order valence-electron chi connectivity index (χ4n) is 5.46. The van der Waals surface area contributed by atoms with E-state index in [1.54, 1.807) is 23.1 Å². The van der Waals surface area contributed by atoms with Crippen LogP contribution in [0.25, 0.3) is 0 Å². The zero-order valence-corrected chi connectivity index (χ0v) is 21.1. The molecule has 3 heterocycles. The fraction of sp³-hybridized carbons (Fsp3) is 0.680. The zero-order valence-electron chi connectivity index (χ0n) is 20.3. The topological polar surface area (TPSA) is 90.0 Å². The van der Waals surface area contributed by atoms with Gasteiger partial charge in [0.25, 0.3) is 0 Å². The van der Waals surface area contributed by atoms with Crippen LogP contribution in [0.5, 0.6) is 0 Å². The van der Waals surface area contributed by atoms with Gasteiger partial charge in [-0.3, -0.25) is 14.5 Å². The Morgan fingerprint density at radius 1 is 0.971 bits per heavy atom. The third-order valence-electron chi connectivity index (χ3n) is 7.48. The fourth-order valence-corrected chi connectivity index (χ4v) is 6.59. The molecule has 8 nitrogen and oxygen atoms in total. The number of likely N-dealkylation sites (N-methyl/N-ethyl adjacent to an activating group) is 1. The summed E-state index contributed by atoms with van der Waals surface area (Å²) in [4.78, 5) is 31.6. The van der Waals surface area contributed by atoms with E-state index in [-0.39, 0.29) is 35.6 Å². The number of likely N-dealkylation sites (tertiary alicyclic amines) is 2. The first-order valence-corrected chi connectivity index (χ1v) is 14.3. The minimum Gasteiger partial charge on any atom is -0.343 e. The average Bonchev–Trinajstić information content (AvgIpc) is 3.38. The highest BCUT2D eigenvalue weighted by Gasteiger charge is 2.29. The number of nitrogens with one attached hydrogen (secondary N) is 1. The largest absolute Gasteiger partial charge is 0.343 e. The van der Waals surface area contributed by atoms with Gasteiger partial charge in [-0.05, 0) is 69.0 Å². The van der Waals surface area contributed by atoms with Crippen molar-refractivity contribution in [2.45, 2.75) is 75.6 Å². The molecular weight excluding hydrogens is 452 g/mol. The van der Waals surface area contributed by atoms with Crippen LogP contribution in [0.4, 0.5) is 5.69 Å². The van der Waals surface area contributed by atoms with Crippen LogP contribution < -0.4 is 9.62 Å². The Labute approximate surface area is 203 Å². The van der Waals surface area contributed by atoms with Crippen LogP contribution in [-0.2, 0) is 26.0 Å². The Kier molecular flexibility index (Phi) is 8.26. The Morgan fingerprint density at radius 3 is 2.44 bits per heavy atom. The maximum absolute atomic E-state index is 12.9. The van der Waals surface area contributed by atoms with Gasteiger partial charge >= 0.3 is 0 Å². The van der Waals surface area contributed by atoms with Crippen LogP contribution in [0, 0.1) is 0 Å². The predicted octanol–water partition coefficient (Wildman–Crippen LogP) is 2.52. The smallest absolute Gasteiger partial charge is 0.240 e. The normalized spacial score (nSPS) is 21.5. The van der Waals surface area contributed by atoms with Crippen molar-refractivity contribution in [2.75, 3.05) is 44.2 Å². The molecule has 4 rings (SSSR count). The summed E-state index contributed by atoms with van der Waals surface area (Å²) in [6.45, 7) is 6.59. The summed E-state index contributed by atoms with van der Waals surface area (Å²) in [5.74, 6) is -0.0115. The van der Waals surface area contributed by atoms with Gasteiger partial charge in [0, 0.05) is 50.7 Å². The van der Waals surface area contributed by atoms with E-state index in [0.717, 1.165) is 76.0 Å². The Morgan fingerprint density at radius 2 is 1.71 bits per heavy atom. The van der Waals surface area contributed by atoms with E-state index >= 15 is 0 Å². The number of benzene rings is 1. The third kappa shape index (κ3) is 5.80. The van der Waals surface area contributed by atoms with Crippen LogP contribution in [0.1, 0.15) is 63.9 Å². The molecule has 2 amide bonds. The second-order valence-corrected chi connectivity index (χ2v) is 11.4. The predicted molar refractivity (Wildman–Crippen MR) is 132 cm³/mol. The van der Waals surface area contributed by atoms with Gasteiger partial charge in [0.05, 0.1) is 4.90 Å². The van der Waals surface area contributed by atoms with Gasteiger partial charge in [-0.1, -0.05) is 19.8 Å². The van der Waals surface area contributed by atoms with E-state index in [4.69, 9.17) is 0 Å². The maximum Gasteiger partial charge on any atom is 0.240 e. The summed E-state index contributed by atoms with van der Waals surface area (Å²) in [6.07, 6.45) is 7.56. The van der Waals surface area contributed by atoms with Crippen LogP contribution in [-0.4, -0.2) is 75.3 Å². The Balaban J connectivity index is 1.34. The van der Waals surface area contributed by atoms with E-state index < -0.39 is 10.0 Å². The number of rotatable bonds is 8. The molecule has 2 saturated heterocycles. The molecule has 9 heteroatoms. The number of anilines is 1. The summed E-state index contributed by atoms with van der Waals surface area (Å²) >= 11 is 0. The lowest BCUT2D eigenvalue weighted by atomic mass is 10.2. The summed E-state index contributed by atoms with van der Waals surface area (Å²) in [5.41, 5.74) is 1.63. The Hall–Kier alpha value is -1.97. The van der Waals surface area contributed by atoms with E-state index in [1.165, 1.54) is 0 Å². The molecule has 0 radical (unpaired) electrons. The summed E-state index contributed by atoms with van der Waals surface area (Å²) < 4.78 is 28.6. The minimum atomic E-state index is -3.61. The molecule has 0 aliphatic carbocycles. The van der Waals surface area contributed by atoms with Crippen molar-refractivity contribution < 1.29 is 18.0 Å². The lowest BCUT2D eigenvalue weighted by Crippen LogP contribution is -2.40. The van der Waals surface area contributed by atoms with E-state index in [0.29, 0.717) is 19.5 Å². The van der Waals surface area contributed by atoms with Crippen LogP contribution >= 0.6 is 0 Å². The van der Waals surface area contributed by atoms with Crippen molar-refractivity contribution in [1.29, 1.82) is 0 Å². The number of fused-ring (bicyclic) bond motifs is 1. The number of nitrogens with zero attached hydrogens (tertiary/aromatic N) is 3. The molecule has 0 aromatic heterocycles. The van der Waals surface area contributed by atoms with Gasteiger partial charge in [0.1, 0.15) is 0 Å². The SMILES string of the molecule is CCN1CCCC1CNS(=O)(=O)c1ccc2c(c1)CCN2C(=O)CCC(=O)N1CCCCCC1. The highest BCUT2D eigenvalue weighted by atomic mass is 32.2. The monoisotopic (exact) mass is 490 g/mol. The lowest BCUT2D eigenvalue weighted by molar-refractivity contribution is -0.133. The molecule has 1 aromatic carbocycles. The maximum atomic E-state index is 12.9. The third-order valence-corrected chi connectivity index (χ3v) is 8.90. The van der Waals surface area contributed by atoms with Gasteiger partial charge in [-0.25, -0.2) is 13.1 Å². The van der Waals surface area contributed by atoms with E-state index in [2.05, 4.69) is 16.5 Å². The zero-order chi connectivity index (χ0) is 24.1. The summed E-state index contributed by atoms with van der Waals surface area (Å²) in [7, 11) is -3.61. The highest BCUT2D eigenvalue weighted by Crippen LogP contribution is 2.31. The number of hydrogen-bond acceptors (Lipinski definition) is 5. The summed E-state index contributed by atoms with van der Waals surface area (Å²) in [6, 6.07) is 5.26. The highest BCUT2D eigenvalue weighted by molar-refractivity contribution is 7.89. The van der Waals surface area contributed by atoms with Crippen molar-refractivity contribution in [3.05, 3.63) is 23.8 Å². The molecule has 0 saturated carbocycles. The second-order valence-electron chi connectivity index (χ2n) is 9.66. The number of sulfonamides is 1. The molecule has 34 heavy (non-hydrogen) atoms. The van der Waals surface area contributed by atoms with Crippen LogP contribution in [0.15, 0.2) is 23.1 Å². The molecule has 2 fully saturated rings. The molecule has 0 spiro atoms. The molecule has 1 N–H and O–H groups in total. The van der Waals surface area contributed by atoms with Crippen molar-refractivity contribution >= 4 is 27.5 Å². The standard InChI is InChI=1S/C25H38N4O4S/c1-2-27-16-7-8-21(27)19-26-34(32,33)22-9-10-23-20(18-22)13-17-29(23)25(31)12-11-24(30)28-14-5-3-4-6-15-28/h9-10,18,21,26H,2-8,11-17,19H2,1H3. The molecule has 0 bridgehead atoms. The first kappa shape index (κ1) is 25.1. The second kappa shape index (κ2) is 11.2. The van der Waals surface area contributed by atoms with E-state index in [9.17, 15) is 18.0 Å². The first-order valence-electron chi connectivity index (χ1n) is 12.8. The van der Waals surface area contributed by atoms with Crippen molar-refractivity contribution in [2.24, 2.45) is 0 Å². The molecular formula is C25H38N4O4S. The van der Waals surface area contributed by atoms with Crippen molar-refractivity contribution in [3.8, 4) is 0 Å². The van der Waals surface area contributed by atoms with Gasteiger partial charge in [0.15, 0.2) is 0 Å². The van der Waals surface area contributed by atoms with Gasteiger partial charge < -0.3 is 9.80 Å². The lowest BCUT2D eigenvalue weighted by Gasteiger charge is -2.23. The molecule has 3 aliphatic heterocycles. The summed E-state index contributed by atoms with van der Waals surface area (Å²) in [5, 5.41) is 0. The quantitative estimate of drug-likeness (QED) is 0.605. The Bertz CT molecular complexity index is 989. The molecule has 1 atom stereocenters.